The molecule has 1 atom stereocenters. The Bertz CT molecular complexity index is 1480. The van der Waals surface area contributed by atoms with E-state index in [-0.39, 0.29) is 11.4 Å². The number of hydrogen-bond acceptors (Lipinski definition) is 7. The molecule has 0 aliphatic rings. The second kappa shape index (κ2) is 12.1. The molecule has 0 bridgehead atoms. The number of carboxylic acid groups (broad SMARTS) is 1. The Morgan fingerprint density at radius 1 is 0.875 bits per heavy atom. The summed E-state index contributed by atoms with van der Waals surface area (Å²) in [6, 6.07) is 35.6. The maximum absolute atomic E-state index is 12.4. The maximum atomic E-state index is 12.4. The Morgan fingerprint density at radius 3 is 1.82 bits per heavy atom. The van der Waals surface area contributed by atoms with Gasteiger partial charge in [0, 0.05) is 28.8 Å². The smallest absolute Gasteiger partial charge is 0.327 e. The molecule has 0 unspecified atom stereocenters. The van der Waals surface area contributed by atoms with Gasteiger partial charge in [0.05, 0.1) is 15.4 Å². The van der Waals surface area contributed by atoms with Gasteiger partial charge in [0.1, 0.15) is 6.04 Å². The number of aromatic nitrogens is 1. The van der Waals surface area contributed by atoms with Gasteiger partial charge in [-0.05, 0) is 28.8 Å². The van der Waals surface area contributed by atoms with Gasteiger partial charge in [-0.2, -0.15) is 0 Å². The van der Waals surface area contributed by atoms with Crippen LogP contribution in [-0.4, -0.2) is 32.8 Å². The van der Waals surface area contributed by atoms with Crippen molar-refractivity contribution in [3.8, 4) is 11.3 Å². The van der Waals surface area contributed by atoms with Gasteiger partial charge in [-0.25, -0.2) is 9.78 Å². The number of nitrogens with one attached hydrogen (secondary N) is 1. The molecule has 1 heterocycles. The number of nitro groups is 1. The molecule has 2 N–H and O–H groups in total. The van der Waals surface area contributed by atoms with Gasteiger partial charge in [-0.1, -0.05) is 91.0 Å². The van der Waals surface area contributed by atoms with Gasteiger partial charge in [0.25, 0.3) is 5.69 Å². The highest BCUT2D eigenvalue weighted by atomic mass is 32.2. The molecule has 5 rings (SSSR count). The van der Waals surface area contributed by atoms with E-state index in [4.69, 9.17) is 0 Å². The van der Waals surface area contributed by atoms with Crippen LogP contribution in [-0.2, 0) is 9.54 Å². The Morgan fingerprint density at radius 2 is 1.38 bits per heavy atom. The molecule has 4 aromatic carbocycles. The lowest BCUT2D eigenvalue weighted by Gasteiger charge is -2.36. The molecular weight excluding hydrogens is 542 g/mol. The van der Waals surface area contributed by atoms with E-state index in [1.54, 1.807) is 29.3 Å². The number of aliphatic carboxylic acids is 1. The highest BCUT2D eigenvalue weighted by Gasteiger charge is 2.38. The van der Waals surface area contributed by atoms with Crippen LogP contribution < -0.4 is 5.32 Å². The summed E-state index contributed by atoms with van der Waals surface area (Å²) >= 11 is 2.86. The summed E-state index contributed by atoms with van der Waals surface area (Å²) < 4.78 is -0.647. The number of nitrogens with zero attached hydrogens (tertiary/aromatic N) is 2. The van der Waals surface area contributed by atoms with E-state index < -0.39 is 21.7 Å². The summed E-state index contributed by atoms with van der Waals surface area (Å²) in [5, 5.41) is 26.5. The lowest BCUT2D eigenvalue weighted by molar-refractivity contribution is -0.384. The molecule has 0 aliphatic carbocycles. The van der Waals surface area contributed by atoms with Crippen LogP contribution in [0, 0.1) is 10.1 Å². The average molecular weight is 568 g/mol. The van der Waals surface area contributed by atoms with Crippen molar-refractivity contribution in [1.82, 2.24) is 4.98 Å². The lowest BCUT2D eigenvalue weighted by Crippen LogP contribution is -2.35. The zero-order valence-electron chi connectivity index (χ0n) is 21.2. The van der Waals surface area contributed by atoms with Gasteiger partial charge >= 0.3 is 5.97 Å². The van der Waals surface area contributed by atoms with Gasteiger partial charge in [-0.3, -0.25) is 10.1 Å². The fourth-order valence-electron chi connectivity index (χ4n) is 4.53. The molecule has 0 spiro atoms. The zero-order chi connectivity index (χ0) is 28.0. The summed E-state index contributed by atoms with van der Waals surface area (Å²) in [5.41, 5.74) is 4.49. The van der Waals surface area contributed by atoms with Crippen molar-refractivity contribution >= 4 is 39.9 Å². The fraction of sp³-hybridized carbons (Fsp3) is 0.0968. The number of carbonyl (C=O) groups is 1. The van der Waals surface area contributed by atoms with Crippen molar-refractivity contribution in [2.24, 2.45) is 0 Å². The van der Waals surface area contributed by atoms with Crippen LogP contribution in [0.4, 0.5) is 10.8 Å². The van der Waals surface area contributed by atoms with Crippen LogP contribution in [0.5, 0.6) is 0 Å². The number of carboxylic acids is 1. The van der Waals surface area contributed by atoms with Crippen molar-refractivity contribution in [1.29, 1.82) is 0 Å². The van der Waals surface area contributed by atoms with E-state index in [2.05, 4.69) is 46.7 Å². The number of hydrogen-bond donors (Lipinski definition) is 2. The van der Waals surface area contributed by atoms with Crippen molar-refractivity contribution in [3.63, 3.8) is 0 Å². The SMILES string of the molecule is O=C(O)[C@H](CSC(c1ccccc1)(c1ccccc1)c1ccccc1)Nc1nc(-c2ccc([N+](=O)[O-])cc2)cs1. The summed E-state index contributed by atoms with van der Waals surface area (Å²) in [4.78, 5) is 27.5. The van der Waals surface area contributed by atoms with Crippen molar-refractivity contribution in [2.45, 2.75) is 10.8 Å². The molecule has 0 saturated carbocycles. The van der Waals surface area contributed by atoms with E-state index in [0.717, 1.165) is 16.7 Å². The Labute approximate surface area is 239 Å². The second-order valence-corrected chi connectivity index (χ2v) is 11.1. The van der Waals surface area contributed by atoms with E-state index >= 15 is 0 Å². The van der Waals surface area contributed by atoms with Crippen LogP contribution in [0.1, 0.15) is 16.7 Å². The predicted molar refractivity (Wildman–Crippen MR) is 161 cm³/mol. The molecule has 0 fully saturated rings. The van der Waals surface area contributed by atoms with E-state index in [1.165, 1.54) is 23.5 Å². The molecule has 200 valence electrons. The standard InChI is InChI=1S/C31H25N3O4S2/c35-29(36)28(33-30-32-27(20-39-30)22-16-18-26(19-17-22)34(37)38)21-40-31(23-10-4-1-5-11-23,24-12-6-2-7-13-24)25-14-8-3-9-15-25/h1-20,28H,21H2,(H,32,33)(H,35,36)/t28-/m0/s1. The quantitative estimate of drug-likeness (QED) is 0.0979. The van der Waals surface area contributed by atoms with E-state index in [1.807, 2.05) is 54.6 Å². The molecule has 0 radical (unpaired) electrons. The number of thioether (sulfide) groups is 1. The Balaban J connectivity index is 1.45. The minimum Gasteiger partial charge on any atom is -0.480 e. The normalized spacial score (nSPS) is 12.0. The fourth-order valence-corrected chi connectivity index (χ4v) is 6.85. The number of thiazole rings is 1. The molecule has 40 heavy (non-hydrogen) atoms. The Hall–Kier alpha value is -4.47. The summed E-state index contributed by atoms with van der Waals surface area (Å²) in [6.07, 6.45) is 0. The third-order valence-electron chi connectivity index (χ3n) is 6.48. The van der Waals surface area contributed by atoms with Gasteiger partial charge in [0.15, 0.2) is 5.13 Å². The number of nitro benzene ring substituents is 1. The molecule has 0 aliphatic heterocycles. The molecule has 0 amide bonds. The minimum atomic E-state index is -0.984. The first-order valence-electron chi connectivity index (χ1n) is 12.5. The number of benzene rings is 4. The highest BCUT2D eigenvalue weighted by molar-refractivity contribution is 8.00. The third kappa shape index (κ3) is 5.75. The first-order chi connectivity index (χ1) is 19.5. The lowest BCUT2D eigenvalue weighted by atomic mass is 9.84. The van der Waals surface area contributed by atoms with E-state index in [9.17, 15) is 20.0 Å². The van der Waals surface area contributed by atoms with Crippen LogP contribution in [0.3, 0.4) is 0 Å². The van der Waals surface area contributed by atoms with Gasteiger partial charge in [-0.15, -0.1) is 23.1 Å². The first-order valence-corrected chi connectivity index (χ1v) is 14.3. The topological polar surface area (TPSA) is 105 Å². The van der Waals surface area contributed by atoms with Crippen molar-refractivity contribution in [2.75, 3.05) is 11.1 Å². The van der Waals surface area contributed by atoms with Crippen LogP contribution in [0.2, 0.25) is 0 Å². The van der Waals surface area contributed by atoms with Crippen molar-refractivity contribution < 1.29 is 14.8 Å². The molecule has 0 saturated heterocycles. The Kier molecular flexibility index (Phi) is 8.23. The predicted octanol–water partition coefficient (Wildman–Crippen LogP) is 7.31. The number of anilines is 1. The number of rotatable bonds is 11. The van der Waals surface area contributed by atoms with Crippen LogP contribution in [0.25, 0.3) is 11.3 Å². The van der Waals surface area contributed by atoms with Crippen molar-refractivity contribution in [3.05, 3.63) is 147 Å². The monoisotopic (exact) mass is 567 g/mol. The second-order valence-electron chi connectivity index (χ2n) is 8.97. The van der Waals surface area contributed by atoms with Gasteiger partial charge < -0.3 is 10.4 Å². The highest BCUT2D eigenvalue weighted by Crippen LogP contribution is 2.48. The molecule has 1 aromatic heterocycles. The van der Waals surface area contributed by atoms with E-state index in [0.29, 0.717) is 16.4 Å². The van der Waals surface area contributed by atoms with Crippen LogP contribution >= 0.6 is 23.1 Å². The van der Waals surface area contributed by atoms with Crippen LogP contribution in [0.15, 0.2) is 121 Å². The minimum absolute atomic E-state index is 0.000902. The molecular formula is C31H25N3O4S2. The first kappa shape index (κ1) is 27.1. The molecule has 7 nitrogen and oxygen atoms in total. The largest absolute Gasteiger partial charge is 0.480 e. The summed E-state index contributed by atoms with van der Waals surface area (Å²) in [7, 11) is 0. The summed E-state index contributed by atoms with van der Waals surface area (Å²) in [5.74, 6) is -0.733. The zero-order valence-corrected chi connectivity index (χ0v) is 22.8. The molecule has 5 aromatic rings. The third-order valence-corrected chi connectivity index (χ3v) is 8.89. The average Bonchev–Trinajstić information content (AvgIpc) is 3.47. The maximum Gasteiger partial charge on any atom is 0.327 e. The van der Waals surface area contributed by atoms with Gasteiger partial charge in [0.2, 0.25) is 0 Å². The summed E-state index contributed by atoms with van der Waals surface area (Å²) in [6.45, 7) is 0. The number of non-ortho nitro benzene ring substituents is 1. The molecule has 9 heteroatoms.